The van der Waals surface area contributed by atoms with E-state index < -0.39 is 0 Å². The number of rotatable bonds is 4. The average molecular weight is 694 g/mol. The summed E-state index contributed by atoms with van der Waals surface area (Å²) in [5, 5.41) is 1.07. The average Bonchev–Trinajstić information content (AvgIpc) is 3.47. The third kappa shape index (κ3) is 6.29. The summed E-state index contributed by atoms with van der Waals surface area (Å²) in [4.78, 5) is 12.8. The van der Waals surface area contributed by atoms with E-state index in [-0.39, 0.29) is 20.1 Å². The van der Waals surface area contributed by atoms with Crippen molar-refractivity contribution in [3.8, 4) is 45.0 Å². The zero-order valence-electron chi connectivity index (χ0n) is 21.4. The third-order valence-corrected chi connectivity index (χ3v) is 6.19. The molecule has 3 aromatic carbocycles. The normalized spacial score (nSPS) is 10.3. The number of nitrogens with zero attached hydrogens (tertiary/aromatic N) is 3. The first-order chi connectivity index (χ1) is 19.3. The van der Waals surface area contributed by atoms with Gasteiger partial charge in [0, 0.05) is 55.8 Å². The number of hydrogen-bond donors (Lipinski definition) is 0. The van der Waals surface area contributed by atoms with Crippen molar-refractivity contribution < 1.29 is 24.5 Å². The van der Waals surface area contributed by atoms with Crippen molar-refractivity contribution >= 4 is 11.0 Å². The summed E-state index contributed by atoms with van der Waals surface area (Å²) in [6, 6.07) is 44.3. The zero-order valence-corrected chi connectivity index (χ0v) is 23.8. The Bertz CT molecular complexity index is 1750. The van der Waals surface area contributed by atoms with Crippen LogP contribution in [0.3, 0.4) is 0 Å². The molecule has 5 heteroatoms. The molecule has 0 unspecified atom stereocenters. The summed E-state index contributed by atoms with van der Waals surface area (Å²) >= 11 is 0. The molecule has 40 heavy (non-hydrogen) atoms. The monoisotopic (exact) mass is 694 g/mol. The van der Waals surface area contributed by atoms with E-state index >= 15 is 0 Å². The fourth-order valence-corrected chi connectivity index (χ4v) is 4.26. The number of fused-ring (bicyclic) bond motifs is 1. The molecule has 0 aliphatic rings. The Morgan fingerprint density at radius 1 is 0.550 bits per heavy atom. The molecule has 4 aromatic heterocycles. The van der Waals surface area contributed by atoms with Crippen molar-refractivity contribution in [2.24, 2.45) is 0 Å². The van der Waals surface area contributed by atoms with Crippen molar-refractivity contribution in [1.29, 1.82) is 0 Å². The molecule has 7 rings (SSSR count). The molecule has 0 aliphatic heterocycles. The first kappa shape index (κ1) is 26.9. The molecule has 0 saturated carbocycles. The molecule has 0 atom stereocenters. The topological polar surface area (TPSA) is 51.8 Å². The molecule has 1 radical (unpaired) electrons. The maximum absolute atomic E-state index is 5.98. The Balaban J connectivity index is 0.000000209. The van der Waals surface area contributed by atoms with Crippen molar-refractivity contribution in [3.63, 3.8) is 0 Å². The van der Waals surface area contributed by atoms with Gasteiger partial charge in [0.15, 0.2) is 0 Å². The fourth-order valence-electron chi connectivity index (χ4n) is 4.26. The summed E-state index contributed by atoms with van der Waals surface area (Å²) in [6.45, 7) is 0. The van der Waals surface area contributed by atoms with Crippen LogP contribution < -0.4 is 0 Å². The summed E-state index contributed by atoms with van der Waals surface area (Å²) in [7, 11) is 0. The second kappa shape index (κ2) is 12.9. The first-order valence-electron chi connectivity index (χ1n) is 12.6. The van der Waals surface area contributed by atoms with Gasteiger partial charge in [0.25, 0.3) is 0 Å². The van der Waals surface area contributed by atoms with Gasteiger partial charge in [-0.2, -0.15) is 0 Å². The molecule has 0 fully saturated rings. The molecule has 0 amide bonds. The van der Waals surface area contributed by atoms with Gasteiger partial charge < -0.3 is 14.4 Å². The van der Waals surface area contributed by atoms with E-state index in [2.05, 4.69) is 57.4 Å². The van der Waals surface area contributed by atoms with E-state index in [4.69, 9.17) is 4.42 Å². The van der Waals surface area contributed by atoms with E-state index in [9.17, 15) is 0 Å². The molecular formula is C35H23IrN3O-2. The summed E-state index contributed by atoms with van der Waals surface area (Å²) in [6.07, 6.45) is 7.16. The van der Waals surface area contributed by atoms with Gasteiger partial charge in [-0.25, -0.2) is 0 Å². The maximum atomic E-state index is 5.98. The van der Waals surface area contributed by atoms with Gasteiger partial charge in [-0.1, -0.05) is 30.3 Å². The number of hydrogen-bond acceptors (Lipinski definition) is 4. The van der Waals surface area contributed by atoms with E-state index in [0.717, 1.165) is 55.9 Å². The fraction of sp³-hybridized carbons (Fsp3) is 0. The molecule has 4 heterocycles. The smallest absolute Gasteiger partial charge is 0.136 e. The second-order valence-corrected chi connectivity index (χ2v) is 8.80. The van der Waals surface area contributed by atoms with Crippen molar-refractivity contribution in [2.45, 2.75) is 0 Å². The van der Waals surface area contributed by atoms with Crippen molar-refractivity contribution in [2.75, 3.05) is 0 Å². The minimum absolute atomic E-state index is 0. The van der Waals surface area contributed by atoms with E-state index in [1.807, 2.05) is 91.1 Å². The van der Waals surface area contributed by atoms with E-state index in [1.54, 1.807) is 18.6 Å². The van der Waals surface area contributed by atoms with Crippen LogP contribution in [0, 0.1) is 12.1 Å². The van der Waals surface area contributed by atoms with Crippen molar-refractivity contribution in [1.82, 2.24) is 15.0 Å². The van der Waals surface area contributed by atoms with Gasteiger partial charge in [-0.3, -0.25) is 4.98 Å². The third-order valence-electron chi connectivity index (χ3n) is 6.19. The molecule has 0 N–H and O–H groups in total. The SMILES string of the molecule is [Ir].[c-]1ccc(-c2ccc3oc(-c4cccnc4)cc3c2)cc1-c1ccccn1.[c-]1ccccc1-c1ccccn1. The zero-order chi connectivity index (χ0) is 26.3. The minimum atomic E-state index is 0. The van der Waals surface area contributed by atoms with Gasteiger partial charge in [0.1, 0.15) is 11.3 Å². The quantitative estimate of drug-likeness (QED) is 0.174. The summed E-state index contributed by atoms with van der Waals surface area (Å²) < 4.78 is 5.98. The summed E-state index contributed by atoms with van der Waals surface area (Å²) in [5.41, 5.74) is 8.01. The predicted molar refractivity (Wildman–Crippen MR) is 155 cm³/mol. The van der Waals surface area contributed by atoms with Crippen LogP contribution in [0.2, 0.25) is 0 Å². The maximum Gasteiger partial charge on any atom is 0.136 e. The van der Waals surface area contributed by atoms with Crippen LogP contribution in [0.15, 0.2) is 144 Å². The van der Waals surface area contributed by atoms with E-state index in [1.165, 1.54) is 0 Å². The Kier molecular flexibility index (Phi) is 8.67. The minimum Gasteiger partial charge on any atom is -0.456 e. The van der Waals surface area contributed by atoms with Gasteiger partial charge >= 0.3 is 0 Å². The Hall–Kier alpha value is -4.70. The van der Waals surface area contributed by atoms with Gasteiger partial charge in [-0.05, 0) is 59.4 Å². The number of benzene rings is 3. The summed E-state index contributed by atoms with van der Waals surface area (Å²) in [5.74, 6) is 0.825. The van der Waals surface area contributed by atoms with Gasteiger partial charge in [0.05, 0.1) is 0 Å². The van der Waals surface area contributed by atoms with Gasteiger partial charge in [-0.15, -0.1) is 71.3 Å². The van der Waals surface area contributed by atoms with Crippen LogP contribution in [0.5, 0.6) is 0 Å². The van der Waals surface area contributed by atoms with Crippen LogP contribution >= 0.6 is 0 Å². The predicted octanol–water partition coefficient (Wildman–Crippen LogP) is 8.57. The second-order valence-electron chi connectivity index (χ2n) is 8.80. The Labute approximate surface area is 246 Å². The Morgan fingerprint density at radius 3 is 2.00 bits per heavy atom. The van der Waals surface area contributed by atoms with Crippen LogP contribution in [-0.2, 0) is 20.1 Å². The van der Waals surface area contributed by atoms with Crippen molar-refractivity contribution in [3.05, 3.63) is 152 Å². The van der Waals surface area contributed by atoms with Crippen LogP contribution in [0.25, 0.3) is 55.9 Å². The van der Waals surface area contributed by atoms with Crippen LogP contribution in [0.4, 0.5) is 0 Å². The van der Waals surface area contributed by atoms with Crippen LogP contribution in [0.1, 0.15) is 0 Å². The van der Waals surface area contributed by atoms with Gasteiger partial charge in [0.2, 0.25) is 0 Å². The molecule has 0 aliphatic carbocycles. The molecular weight excluding hydrogens is 671 g/mol. The molecule has 0 spiro atoms. The largest absolute Gasteiger partial charge is 0.456 e. The number of aromatic nitrogens is 3. The van der Waals surface area contributed by atoms with Crippen LogP contribution in [-0.4, -0.2) is 15.0 Å². The molecule has 0 bridgehead atoms. The number of furan rings is 1. The van der Waals surface area contributed by atoms with E-state index in [0.29, 0.717) is 0 Å². The molecule has 195 valence electrons. The molecule has 0 saturated heterocycles. The Morgan fingerprint density at radius 2 is 1.30 bits per heavy atom. The number of pyridine rings is 3. The standard InChI is InChI=1S/C24H15N2O.C11H8N.Ir/c1-2-12-26-22(8-1)19-6-3-5-17(13-19)18-9-10-23-21(14-18)15-24(27-23)20-7-4-11-25-16-20;1-2-6-10(7-3-1)11-8-4-5-9-12-11;/h1-5,7-16H;1-6,8-9H;/q2*-1;. The molecule has 7 aromatic rings. The molecule has 4 nitrogen and oxygen atoms in total. The first-order valence-corrected chi connectivity index (χ1v) is 12.6.